The summed E-state index contributed by atoms with van der Waals surface area (Å²) in [4.78, 5) is 26.8. The zero-order valence-corrected chi connectivity index (χ0v) is 11.6. The number of anilines is 1. The third-order valence-corrected chi connectivity index (χ3v) is 2.95. The summed E-state index contributed by atoms with van der Waals surface area (Å²) >= 11 is 3.16. The number of halogens is 1. The molecular formula is C13H9BrN2O4. The average Bonchev–Trinajstić information content (AvgIpc) is 2.41. The third-order valence-electron chi connectivity index (χ3n) is 2.46. The molecule has 0 fully saturated rings. The van der Waals surface area contributed by atoms with Gasteiger partial charge in [0.05, 0.1) is 11.3 Å². The normalized spacial score (nSPS) is 10.1. The minimum Gasteiger partial charge on any atom is -0.505 e. The topological polar surface area (TPSA) is 99.5 Å². The first-order valence-electron chi connectivity index (χ1n) is 5.47. The van der Waals surface area contributed by atoms with Crippen molar-refractivity contribution in [2.24, 2.45) is 0 Å². The van der Waals surface area contributed by atoms with Crippen LogP contribution in [0.2, 0.25) is 0 Å². The molecule has 20 heavy (non-hydrogen) atoms. The van der Waals surface area contributed by atoms with Crippen LogP contribution in [0.25, 0.3) is 0 Å². The number of hydrogen-bond acceptors (Lipinski definition) is 4. The second-order valence-electron chi connectivity index (χ2n) is 3.82. The van der Waals surface area contributed by atoms with E-state index in [1.54, 1.807) is 6.07 Å². The molecule has 0 saturated carbocycles. The van der Waals surface area contributed by atoms with Gasteiger partial charge in [-0.25, -0.2) is 9.78 Å². The van der Waals surface area contributed by atoms with Crippen LogP contribution < -0.4 is 5.32 Å². The van der Waals surface area contributed by atoms with Crippen LogP contribution in [-0.4, -0.2) is 27.1 Å². The van der Waals surface area contributed by atoms with Gasteiger partial charge in [0.25, 0.3) is 5.91 Å². The summed E-state index contributed by atoms with van der Waals surface area (Å²) in [5, 5.41) is 21.0. The molecule has 0 aliphatic carbocycles. The highest BCUT2D eigenvalue weighted by atomic mass is 79.9. The molecule has 1 amide bonds. The molecule has 0 bridgehead atoms. The van der Waals surface area contributed by atoms with Crippen molar-refractivity contribution in [2.45, 2.75) is 0 Å². The number of carbonyl (C=O) groups excluding carboxylic acids is 1. The maximum atomic E-state index is 12.0. The summed E-state index contributed by atoms with van der Waals surface area (Å²) in [6, 6.07) is 7.22. The number of carbonyl (C=O) groups is 2. The summed E-state index contributed by atoms with van der Waals surface area (Å²) in [6.07, 6.45) is 1.36. The van der Waals surface area contributed by atoms with Crippen LogP contribution in [-0.2, 0) is 0 Å². The van der Waals surface area contributed by atoms with Gasteiger partial charge < -0.3 is 15.5 Å². The Morgan fingerprint density at radius 3 is 2.65 bits per heavy atom. The predicted octanol–water partition coefficient (Wildman–Crippen LogP) is 2.50. The van der Waals surface area contributed by atoms with Crippen molar-refractivity contribution in [2.75, 3.05) is 5.32 Å². The molecule has 0 radical (unpaired) electrons. The van der Waals surface area contributed by atoms with Crippen LogP contribution in [0.15, 0.2) is 41.0 Å². The number of amides is 1. The van der Waals surface area contributed by atoms with Gasteiger partial charge in [-0.1, -0.05) is 15.9 Å². The van der Waals surface area contributed by atoms with Crippen LogP contribution in [0.3, 0.4) is 0 Å². The Hall–Kier alpha value is -2.41. The molecule has 0 unspecified atom stereocenters. The second-order valence-corrected chi connectivity index (χ2v) is 4.74. The summed E-state index contributed by atoms with van der Waals surface area (Å²) in [6.45, 7) is 0. The number of aromatic hydroxyl groups is 1. The number of nitrogens with zero attached hydrogens (tertiary/aromatic N) is 1. The summed E-state index contributed by atoms with van der Waals surface area (Å²) in [5.74, 6) is -2.14. The maximum absolute atomic E-state index is 12.0. The van der Waals surface area contributed by atoms with Crippen molar-refractivity contribution in [1.29, 1.82) is 0 Å². The molecule has 6 nitrogen and oxygen atoms in total. The van der Waals surface area contributed by atoms with E-state index in [0.717, 1.165) is 0 Å². The first-order valence-corrected chi connectivity index (χ1v) is 6.26. The largest absolute Gasteiger partial charge is 0.505 e. The van der Waals surface area contributed by atoms with E-state index in [-0.39, 0.29) is 22.7 Å². The summed E-state index contributed by atoms with van der Waals surface area (Å²) in [5.41, 5.74) is -0.120. The van der Waals surface area contributed by atoms with Gasteiger partial charge in [-0.15, -0.1) is 0 Å². The smallest absolute Gasteiger partial charge is 0.337 e. The predicted molar refractivity (Wildman–Crippen MR) is 75.0 cm³/mol. The molecule has 2 aromatic rings. The van der Waals surface area contributed by atoms with E-state index >= 15 is 0 Å². The van der Waals surface area contributed by atoms with Gasteiger partial charge in [0.1, 0.15) is 5.75 Å². The van der Waals surface area contributed by atoms with E-state index in [4.69, 9.17) is 5.11 Å². The number of carboxylic acids is 1. The van der Waals surface area contributed by atoms with Gasteiger partial charge >= 0.3 is 5.97 Å². The zero-order chi connectivity index (χ0) is 14.7. The molecule has 2 rings (SSSR count). The molecule has 7 heteroatoms. The Bertz CT molecular complexity index is 688. The van der Waals surface area contributed by atoms with E-state index in [1.807, 2.05) is 0 Å². The first-order chi connectivity index (χ1) is 9.49. The van der Waals surface area contributed by atoms with Crippen LogP contribution in [0.4, 0.5) is 5.69 Å². The van der Waals surface area contributed by atoms with Crippen molar-refractivity contribution in [3.63, 3.8) is 0 Å². The number of aromatic nitrogens is 1. The van der Waals surface area contributed by atoms with Crippen molar-refractivity contribution in [1.82, 2.24) is 4.98 Å². The molecule has 1 aromatic carbocycles. The van der Waals surface area contributed by atoms with Crippen molar-refractivity contribution >= 4 is 33.5 Å². The molecule has 0 spiro atoms. The molecule has 1 heterocycles. The molecular weight excluding hydrogens is 328 g/mol. The first kappa shape index (κ1) is 14.0. The van der Waals surface area contributed by atoms with Gasteiger partial charge in [0.15, 0.2) is 5.69 Å². The van der Waals surface area contributed by atoms with Gasteiger partial charge in [0.2, 0.25) is 0 Å². The van der Waals surface area contributed by atoms with Crippen LogP contribution in [0.5, 0.6) is 5.75 Å². The minimum atomic E-state index is -1.17. The lowest BCUT2D eigenvalue weighted by molar-refractivity contribution is 0.0698. The van der Waals surface area contributed by atoms with E-state index in [9.17, 15) is 14.7 Å². The Balaban J connectivity index is 2.33. The fraction of sp³-hybridized carbons (Fsp3) is 0. The fourth-order valence-corrected chi connectivity index (χ4v) is 1.92. The summed E-state index contributed by atoms with van der Waals surface area (Å²) < 4.78 is 0.577. The van der Waals surface area contributed by atoms with Gasteiger partial charge in [0, 0.05) is 10.7 Å². The Kier molecular flexibility index (Phi) is 3.99. The quantitative estimate of drug-likeness (QED) is 0.799. The lowest BCUT2D eigenvalue weighted by Gasteiger charge is -2.09. The zero-order valence-electron chi connectivity index (χ0n) is 10.0. The summed E-state index contributed by atoms with van der Waals surface area (Å²) in [7, 11) is 0. The van der Waals surface area contributed by atoms with Gasteiger partial charge in [-0.3, -0.25) is 4.79 Å². The van der Waals surface area contributed by atoms with E-state index in [2.05, 4.69) is 26.2 Å². The Morgan fingerprint density at radius 1 is 1.25 bits per heavy atom. The van der Waals surface area contributed by atoms with E-state index < -0.39 is 11.9 Å². The minimum absolute atomic E-state index is 0.0665. The van der Waals surface area contributed by atoms with Crippen LogP contribution in [0.1, 0.15) is 20.8 Å². The molecule has 102 valence electrons. The van der Waals surface area contributed by atoms with Crippen molar-refractivity contribution < 1.29 is 19.8 Å². The molecule has 1 aromatic heterocycles. The molecule has 0 aliphatic heterocycles. The number of pyridine rings is 1. The van der Waals surface area contributed by atoms with Crippen molar-refractivity contribution in [3.8, 4) is 5.75 Å². The van der Waals surface area contributed by atoms with Gasteiger partial charge in [-0.2, -0.15) is 0 Å². The van der Waals surface area contributed by atoms with E-state index in [0.29, 0.717) is 4.47 Å². The van der Waals surface area contributed by atoms with Crippen LogP contribution in [0, 0.1) is 0 Å². The number of rotatable bonds is 3. The third kappa shape index (κ3) is 2.94. The van der Waals surface area contributed by atoms with Gasteiger partial charge in [-0.05, 0) is 30.3 Å². The Morgan fingerprint density at radius 2 is 2.00 bits per heavy atom. The highest BCUT2D eigenvalue weighted by Crippen LogP contribution is 2.22. The number of benzene rings is 1. The second kappa shape index (κ2) is 5.70. The highest BCUT2D eigenvalue weighted by Gasteiger charge is 2.16. The standard InChI is InChI=1S/C13H9BrN2O4/c14-7-3-4-9(8(6-7)13(19)20)16-12(18)11-10(17)2-1-5-15-11/h1-6,17H,(H,16,18)(H,19,20). The number of nitrogens with one attached hydrogen (secondary N) is 1. The molecule has 0 atom stereocenters. The molecule has 3 N–H and O–H groups in total. The SMILES string of the molecule is O=C(O)c1cc(Br)ccc1NC(=O)c1ncccc1O. The monoisotopic (exact) mass is 336 g/mol. The highest BCUT2D eigenvalue weighted by molar-refractivity contribution is 9.10. The average molecular weight is 337 g/mol. The molecule has 0 saturated heterocycles. The lowest BCUT2D eigenvalue weighted by atomic mass is 10.1. The lowest BCUT2D eigenvalue weighted by Crippen LogP contribution is -2.16. The van der Waals surface area contributed by atoms with Crippen molar-refractivity contribution in [3.05, 3.63) is 52.3 Å². The number of carboxylic acid groups (broad SMARTS) is 1. The Labute approximate surface area is 122 Å². The number of aromatic carboxylic acids is 1. The molecule has 0 aliphatic rings. The van der Waals surface area contributed by atoms with Crippen LogP contribution >= 0.6 is 15.9 Å². The number of hydrogen-bond donors (Lipinski definition) is 3. The van der Waals surface area contributed by atoms with E-state index in [1.165, 1.54) is 30.5 Å². The fourth-order valence-electron chi connectivity index (χ4n) is 1.56. The maximum Gasteiger partial charge on any atom is 0.337 e.